The molecule has 6 heteroatoms. The van der Waals surface area contributed by atoms with Gasteiger partial charge >= 0.3 is 0 Å². The van der Waals surface area contributed by atoms with Gasteiger partial charge in [-0.3, -0.25) is 9.69 Å². The molecule has 1 fully saturated rings. The fraction of sp³-hybridized carbons (Fsp3) is 0.435. The molecule has 4 rings (SSSR count). The van der Waals surface area contributed by atoms with Crippen LogP contribution in [0.15, 0.2) is 42.5 Å². The predicted octanol–water partition coefficient (Wildman–Crippen LogP) is 2.49. The van der Waals surface area contributed by atoms with Crippen molar-refractivity contribution in [2.45, 2.75) is 12.5 Å². The van der Waals surface area contributed by atoms with Crippen molar-refractivity contribution in [1.29, 1.82) is 0 Å². The average Bonchev–Trinajstić information content (AvgIpc) is 3.14. The number of rotatable bonds is 6. The third-order valence-corrected chi connectivity index (χ3v) is 5.91. The summed E-state index contributed by atoms with van der Waals surface area (Å²) >= 11 is 0. The molecule has 0 radical (unpaired) electrons. The molecule has 154 valence electrons. The van der Waals surface area contributed by atoms with Crippen LogP contribution in [0, 0.1) is 0 Å². The lowest BCUT2D eigenvalue weighted by Crippen LogP contribution is -2.43. The van der Waals surface area contributed by atoms with Crippen LogP contribution in [0.3, 0.4) is 0 Å². The summed E-state index contributed by atoms with van der Waals surface area (Å²) in [7, 11) is 3.72. The molecule has 0 bridgehead atoms. The lowest BCUT2D eigenvalue weighted by atomic mass is 10.00. The maximum Gasteiger partial charge on any atom is 0.255 e. The van der Waals surface area contributed by atoms with E-state index >= 15 is 0 Å². The van der Waals surface area contributed by atoms with Gasteiger partial charge < -0.3 is 19.7 Å². The molecule has 1 saturated heterocycles. The second-order valence-corrected chi connectivity index (χ2v) is 7.63. The van der Waals surface area contributed by atoms with Gasteiger partial charge in [0.1, 0.15) is 5.75 Å². The highest BCUT2D eigenvalue weighted by atomic mass is 16.5. The van der Waals surface area contributed by atoms with E-state index in [1.54, 1.807) is 13.2 Å². The largest absolute Gasteiger partial charge is 0.496 e. The molecule has 1 unspecified atom stereocenters. The summed E-state index contributed by atoms with van der Waals surface area (Å²) in [4.78, 5) is 17.5. The Balaban J connectivity index is 1.54. The van der Waals surface area contributed by atoms with E-state index in [0.717, 1.165) is 39.3 Å². The Morgan fingerprint density at radius 1 is 1.17 bits per heavy atom. The fourth-order valence-corrected chi connectivity index (χ4v) is 4.26. The SMILES string of the molecule is COc1ccccc1C(=O)NCC(c1ccc2c(c1)CCN2C)N1CCOCC1. The number of carbonyl (C=O) groups excluding carboxylic acids is 1. The second-order valence-electron chi connectivity index (χ2n) is 7.63. The minimum atomic E-state index is -0.110. The second kappa shape index (κ2) is 8.84. The van der Waals surface area contributed by atoms with Crippen LogP contribution in [0.4, 0.5) is 5.69 Å². The highest BCUT2D eigenvalue weighted by Gasteiger charge is 2.26. The first-order chi connectivity index (χ1) is 14.2. The molecule has 2 heterocycles. The molecule has 2 aromatic rings. The van der Waals surface area contributed by atoms with Crippen molar-refractivity contribution in [3.8, 4) is 5.75 Å². The number of ether oxygens (including phenoxy) is 2. The molecule has 1 amide bonds. The van der Waals surface area contributed by atoms with Crippen molar-refractivity contribution in [2.24, 2.45) is 0 Å². The average molecular weight is 396 g/mol. The number of nitrogens with zero attached hydrogens (tertiary/aromatic N) is 2. The van der Waals surface area contributed by atoms with Gasteiger partial charge in [-0.05, 0) is 35.7 Å². The van der Waals surface area contributed by atoms with Crippen molar-refractivity contribution >= 4 is 11.6 Å². The third-order valence-electron chi connectivity index (χ3n) is 5.91. The smallest absolute Gasteiger partial charge is 0.255 e. The maximum atomic E-state index is 12.8. The Bertz CT molecular complexity index is 864. The van der Waals surface area contributed by atoms with Gasteiger partial charge in [0.05, 0.1) is 31.9 Å². The molecule has 2 aliphatic rings. The van der Waals surface area contributed by atoms with Crippen molar-refractivity contribution in [1.82, 2.24) is 10.2 Å². The molecule has 0 aliphatic carbocycles. The summed E-state index contributed by atoms with van der Waals surface area (Å²) < 4.78 is 10.9. The first-order valence-corrected chi connectivity index (χ1v) is 10.2. The van der Waals surface area contributed by atoms with Gasteiger partial charge in [-0.25, -0.2) is 0 Å². The van der Waals surface area contributed by atoms with Crippen LogP contribution in [0.2, 0.25) is 0 Å². The molecule has 2 aromatic carbocycles. The van der Waals surface area contributed by atoms with Crippen molar-refractivity contribution in [2.75, 3.05) is 58.5 Å². The number of benzene rings is 2. The molecule has 29 heavy (non-hydrogen) atoms. The van der Waals surface area contributed by atoms with Crippen LogP contribution < -0.4 is 15.0 Å². The highest BCUT2D eigenvalue weighted by Crippen LogP contribution is 2.31. The number of anilines is 1. The quantitative estimate of drug-likeness (QED) is 0.815. The lowest BCUT2D eigenvalue weighted by molar-refractivity contribution is 0.0162. The monoisotopic (exact) mass is 395 g/mol. The molecule has 2 aliphatic heterocycles. The maximum absolute atomic E-state index is 12.8. The standard InChI is InChI=1S/C23H29N3O3/c1-25-10-9-18-15-17(7-8-20(18)25)21(26-11-13-29-14-12-26)16-24-23(27)19-5-3-4-6-22(19)28-2/h3-8,15,21H,9-14,16H2,1-2H3,(H,24,27). The molecule has 0 aromatic heterocycles. The summed E-state index contributed by atoms with van der Waals surface area (Å²) in [6.45, 7) is 4.80. The summed E-state index contributed by atoms with van der Waals surface area (Å²) in [6.07, 6.45) is 1.07. The number of likely N-dealkylation sites (N-methyl/N-ethyl adjacent to an activating group) is 1. The summed E-state index contributed by atoms with van der Waals surface area (Å²) in [5.41, 5.74) is 4.51. The van der Waals surface area contributed by atoms with Crippen LogP contribution in [0.25, 0.3) is 0 Å². The zero-order valence-electron chi connectivity index (χ0n) is 17.2. The van der Waals surface area contributed by atoms with Crippen LogP contribution in [-0.2, 0) is 11.2 Å². The number of hydrogen-bond acceptors (Lipinski definition) is 5. The molecule has 0 saturated carbocycles. The van der Waals surface area contributed by atoms with Crippen LogP contribution in [0.5, 0.6) is 5.75 Å². The molecule has 6 nitrogen and oxygen atoms in total. The minimum absolute atomic E-state index is 0.110. The van der Waals surface area contributed by atoms with Gasteiger partial charge in [-0.2, -0.15) is 0 Å². The van der Waals surface area contributed by atoms with Crippen molar-refractivity contribution in [3.05, 3.63) is 59.2 Å². The number of hydrogen-bond donors (Lipinski definition) is 1. The van der Waals surface area contributed by atoms with Crippen LogP contribution in [0.1, 0.15) is 27.5 Å². The third kappa shape index (κ3) is 4.23. The topological polar surface area (TPSA) is 54.0 Å². The van der Waals surface area contributed by atoms with Gasteiger partial charge in [0.15, 0.2) is 0 Å². The molecular weight excluding hydrogens is 366 g/mol. The van der Waals surface area contributed by atoms with Gasteiger partial charge in [-0.1, -0.05) is 24.3 Å². The number of fused-ring (bicyclic) bond motifs is 1. The minimum Gasteiger partial charge on any atom is -0.496 e. The van der Waals surface area contributed by atoms with Crippen LogP contribution >= 0.6 is 0 Å². The number of methoxy groups -OCH3 is 1. The number of amides is 1. The van der Waals surface area contributed by atoms with Crippen molar-refractivity contribution in [3.63, 3.8) is 0 Å². The lowest BCUT2D eigenvalue weighted by Gasteiger charge is -2.35. The first kappa shape index (κ1) is 19.7. The Labute approximate surface area is 172 Å². The zero-order valence-corrected chi connectivity index (χ0v) is 17.2. The Morgan fingerprint density at radius 2 is 1.97 bits per heavy atom. The molecule has 1 atom stereocenters. The van der Waals surface area contributed by atoms with E-state index in [1.165, 1.54) is 16.8 Å². The predicted molar refractivity (Wildman–Crippen MR) is 114 cm³/mol. The highest BCUT2D eigenvalue weighted by molar-refractivity contribution is 5.96. The summed E-state index contributed by atoms with van der Waals surface area (Å²) in [5, 5.41) is 3.13. The first-order valence-electron chi connectivity index (χ1n) is 10.2. The van der Waals surface area contributed by atoms with E-state index in [4.69, 9.17) is 9.47 Å². The van der Waals surface area contributed by atoms with Gasteiger partial charge in [-0.15, -0.1) is 0 Å². The van der Waals surface area contributed by atoms with E-state index < -0.39 is 0 Å². The van der Waals surface area contributed by atoms with Crippen molar-refractivity contribution < 1.29 is 14.3 Å². The Morgan fingerprint density at radius 3 is 2.76 bits per heavy atom. The summed E-state index contributed by atoms with van der Waals surface area (Å²) in [6, 6.07) is 14.2. The van der Waals surface area contributed by atoms with E-state index in [1.807, 2.05) is 18.2 Å². The van der Waals surface area contributed by atoms with E-state index in [-0.39, 0.29) is 11.9 Å². The summed E-state index contributed by atoms with van der Waals surface area (Å²) in [5.74, 6) is 0.482. The Kier molecular flexibility index (Phi) is 6.02. The zero-order chi connectivity index (χ0) is 20.2. The number of nitrogens with one attached hydrogen (secondary N) is 1. The molecular formula is C23H29N3O3. The van der Waals surface area contributed by atoms with E-state index in [0.29, 0.717) is 17.9 Å². The van der Waals surface area contributed by atoms with Crippen LogP contribution in [-0.4, -0.2) is 64.4 Å². The molecule has 0 spiro atoms. The fourth-order valence-electron chi connectivity index (χ4n) is 4.26. The van der Waals surface area contributed by atoms with Gasteiger partial charge in [0.25, 0.3) is 5.91 Å². The van der Waals surface area contributed by atoms with Gasteiger partial charge in [0, 0.05) is 38.9 Å². The Hall–Kier alpha value is -2.57. The normalized spacial score (nSPS) is 17.7. The van der Waals surface area contributed by atoms with E-state index in [2.05, 4.69) is 40.4 Å². The molecule has 1 N–H and O–H groups in total. The van der Waals surface area contributed by atoms with E-state index in [9.17, 15) is 4.79 Å². The number of para-hydroxylation sites is 1. The number of morpholine rings is 1. The van der Waals surface area contributed by atoms with Gasteiger partial charge in [0.2, 0.25) is 0 Å². The number of carbonyl (C=O) groups is 1.